The number of para-hydroxylation sites is 1. The molecule has 1 aromatic carbocycles. The van der Waals surface area contributed by atoms with Gasteiger partial charge in [-0.1, -0.05) is 43.1 Å². The molecule has 2 aromatic rings. The molecule has 3 nitrogen and oxygen atoms in total. The molecule has 0 aliphatic rings. The summed E-state index contributed by atoms with van der Waals surface area (Å²) in [5, 5.41) is 9.42. The Morgan fingerprint density at radius 2 is 1.73 bits per heavy atom. The molecule has 0 aliphatic heterocycles. The van der Waals surface area contributed by atoms with Crippen molar-refractivity contribution in [1.82, 2.24) is 15.0 Å². The van der Waals surface area contributed by atoms with E-state index in [0.717, 1.165) is 5.69 Å². The van der Waals surface area contributed by atoms with Crippen LogP contribution in [0.3, 0.4) is 0 Å². The molecule has 0 amide bonds. The van der Waals surface area contributed by atoms with Crippen LogP contribution in [-0.4, -0.2) is 23.1 Å². The molecule has 0 atom stereocenters. The number of rotatable bonds is 2. The number of benzene rings is 1. The summed E-state index contributed by atoms with van der Waals surface area (Å²) >= 11 is 0. The lowest BCUT2D eigenvalue weighted by molar-refractivity contribution is 0.814. The zero-order valence-electron chi connectivity index (χ0n) is 9.31. The normalized spacial score (nSPS) is 11.7. The van der Waals surface area contributed by atoms with Crippen molar-refractivity contribution in [2.75, 3.05) is 0 Å². The van der Waals surface area contributed by atoms with E-state index < -0.39 is 8.07 Å². The Kier molecular flexibility index (Phi) is 2.44. The van der Waals surface area contributed by atoms with Crippen molar-refractivity contribution in [2.24, 2.45) is 0 Å². The van der Waals surface area contributed by atoms with Gasteiger partial charge >= 0.3 is 0 Å². The molecule has 4 heteroatoms. The number of aromatic nitrogens is 3. The predicted octanol–water partition coefficient (Wildman–Crippen LogP) is 1.81. The third-order valence-corrected chi connectivity index (χ3v) is 4.20. The molecule has 1 heterocycles. The maximum Gasteiger partial charge on any atom is 0.104 e. The van der Waals surface area contributed by atoms with Gasteiger partial charge in [0.15, 0.2) is 0 Å². The first-order valence-corrected chi connectivity index (χ1v) is 8.55. The fourth-order valence-corrected chi connectivity index (χ4v) is 2.76. The van der Waals surface area contributed by atoms with E-state index in [0.29, 0.717) is 0 Å². The number of hydrogen-bond donors (Lipinski definition) is 0. The van der Waals surface area contributed by atoms with E-state index in [2.05, 4.69) is 42.1 Å². The summed E-state index contributed by atoms with van der Waals surface area (Å²) in [5.74, 6) is 0. The molecule has 2 rings (SSSR count). The van der Waals surface area contributed by atoms with Gasteiger partial charge in [-0.05, 0) is 12.1 Å². The number of hydrogen-bond acceptors (Lipinski definition) is 2. The summed E-state index contributed by atoms with van der Waals surface area (Å²) in [5.41, 5.74) is 1.09. The van der Waals surface area contributed by atoms with Crippen LogP contribution in [0.2, 0.25) is 19.6 Å². The molecule has 0 spiro atoms. The minimum atomic E-state index is -1.37. The highest BCUT2D eigenvalue weighted by molar-refractivity contribution is 6.88. The molecule has 0 N–H and O–H groups in total. The van der Waals surface area contributed by atoms with Crippen molar-refractivity contribution in [2.45, 2.75) is 19.6 Å². The summed E-state index contributed by atoms with van der Waals surface area (Å²) in [6.45, 7) is 6.89. The molecule has 78 valence electrons. The van der Waals surface area contributed by atoms with Crippen LogP contribution >= 0.6 is 0 Å². The molecule has 0 aliphatic carbocycles. The van der Waals surface area contributed by atoms with Gasteiger partial charge in [-0.3, -0.25) is 0 Å². The summed E-state index contributed by atoms with van der Waals surface area (Å²) in [7, 11) is -1.37. The average Bonchev–Trinajstić information content (AvgIpc) is 2.67. The van der Waals surface area contributed by atoms with Crippen LogP contribution in [0.5, 0.6) is 0 Å². The SMILES string of the molecule is C[Si](C)(C)c1cnnn1-c1ccccc1. The van der Waals surface area contributed by atoms with Gasteiger partial charge in [-0.15, -0.1) is 5.10 Å². The van der Waals surface area contributed by atoms with Crippen molar-refractivity contribution in [3.63, 3.8) is 0 Å². The van der Waals surface area contributed by atoms with E-state index in [4.69, 9.17) is 0 Å². The maximum atomic E-state index is 4.15. The second-order valence-corrected chi connectivity index (χ2v) is 9.63. The first-order valence-electron chi connectivity index (χ1n) is 5.05. The molecule has 0 unspecified atom stereocenters. The van der Waals surface area contributed by atoms with Crippen LogP contribution in [0.4, 0.5) is 0 Å². The fraction of sp³-hybridized carbons (Fsp3) is 0.273. The van der Waals surface area contributed by atoms with E-state index in [1.54, 1.807) is 0 Å². The fourth-order valence-electron chi connectivity index (χ4n) is 1.51. The van der Waals surface area contributed by atoms with Gasteiger partial charge in [0.25, 0.3) is 0 Å². The van der Waals surface area contributed by atoms with Crippen LogP contribution in [0.1, 0.15) is 0 Å². The van der Waals surface area contributed by atoms with Gasteiger partial charge in [0.1, 0.15) is 8.07 Å². The molecular formula is C11H15N3Si. The van der Waals surface area contributed by atoms with Crippen LogP contribution < -0.4 is 5.32 Å². The molecule has 0 bridgehead atoms. The Morgan fingerprint density at radius 1 is 1.07 bits per heavy atom. The predicted molar refractivity (Wildman–Crippen MR) is 64.3 cm³/mol. The lowest BCUT2D eigenvalue weighted by Crippen LogP contribution is -2.42. The highest BCUT2D eigenvalue weighted by Gasteiger charge is 2.22. The van der Waals surface area contributed by atoms with E-state index in [9.17, 15) is 0 Å². The van der Waals surface area contributed by atoms with Crippen molar-refractivity contribution >= 4 is 13.4 Å². The van der Waals surface area contributed by atoms with E-state index in [-0.39, 0.29) is 0 Å². The van der Waals surface area contributed by atoms with Crippen molar-refractivity contribution < 1.29 is 0 Å². The molecule has 1 aromatic heterocycles. The second kappa shape index (κ2) is 3.62. The highest BCUT2D eigenvalue weighted by atomic mass is 28.3. The molecule has 0 saturated heterocycles. The summed E-state index contributed by atoms with van der Waals surface area (Å²) in [6.07, 6.45) is 1.89. The average molecular weight is 217 g/mol. The Bertz CT molecular complexity index is 442. The molecule has 15 heavy (non-hydrogen) atoms. The summed E-state index contributed by atoms with van der Waals surface area (Å²) in [4.78, 5) is 0. The van der Waals surface area contributed by atoms with Gasteiger partial charge in [0, 0.05) is 5.32 Å². The monoisotopic (exact) mass is 217 g/mol. The molecule has 0 saturated carbocycles. The Hall–Kier alpha value is -1.42. The topological polar surface area (TPSA) is 30.7 Å². The maximum absolute atomic E-state index is 4.15. The van der Waals surface area contributed by atoms with Gasteiger partial charge < -0.3 is 0 Å². The van der Waals surface area contributed by atoms with Gasteiger partial charge in [-0.2, -0.15) is 0 Å². The number of nitrogens with zero attached hydrogens (tertiary/aromatic N) is 3. The third-order valence-electron chi connectivity index (χ3n) is 2.32. The zero-order chi connectivity index (χ0) is 10.9. The van der Waals surface area contributed by atoms with Crippen LogP contribution in [-0.2, 0) is 0 Å². The minimum absolute atomic E-state index is 1.09. The highest BCUT2D eigenvalue weighted by Crippen LogP contribution is 2.07. The van der Waals surface area contributed by atoms with E-state index in [1.165, 1.54) is 5.32 Å². The van der Waals surface area contributed by atoms with Crippen LogP contribution in [0.15, 0.2) is 36.5 Å². The Labute approximate surface area is 90.8 Å². The van der Waals surface area contributed by atoms with E-state index in [1.807, 2.05) is 29.1 Å². The van der Waals surface area contributed by atoms with Gasteiger partial charge in [0.05, 0.1) is 11.9 Å². The van der Waals surface area contributed by atoms with Crippen LogP contribution in [0.25, 0.3) is 5.69 Å². The standard InChI is InChI=1S/C11H15N3Si/c1-15(2,3)11-9-12-13-14(11)10-7-5-4-6-8-10/h4-9H,1-3H3. The van der Waals surface area contributed by atoms with Crippen LogP contribution in [0, 0.1) is 0 Å². The smallest absolute Gasteiger partial charge is 0.104 e. The van der Waals surface area contributed by atoms with Crippen molar-refractivity contribution in [3.05, 3.63) is 36.5 Å². The largest absolute Gasteiger partial charge is 0.222 e. The first kappa shape index (κ1) is 10.1. The molecular weight excluding hydrogens is 202 g/mol. The first-order chi connectivity index (χ1) is 7.09. The van der Waals surface area contributed by atoms with Crippen molar-refractivity contribution in [1.29, 1.82) is 0 Å². The third kappa shape index (κ3) is 1.99. The summed E-state index contributed by atoms with van der Waals surface area (Å²) < 4.78 is 1.95. The minimum Gasteiger partial charge on any atom is -0.222 e. The lowest BCUT2D eigenvalue weighted by atomic mass is 10.3. The van der Waals surface area contributed by atoms with Gasteiger partial charge in [0.2, 0.25) is 0 Å². The zero-order valence-corrected chi connectivity index (χ0v) is 10.3. The lowest BCUT2D eigenvalue weighted by Gasteiger charge is -2.16. The van der Waals surface area contributed by atoms with Crippen molar-refractivity contribution in [3.8, 4) is 5.69 Å². The van der Waals surface area contributed by atoms with E-state index >= 15 is 0 Å². The quantitative estimate of drug-likeness (QED) is 0.718. The Morgan fingerprint density at radius 3 is 2.33 bits per heavy atom. The molecule has 0 fully saturated rings. The summed E-state index contributed by atoms with van der Waals surface area (Å²) in [6, 6.07) is 10.2. The van der Waals surface area contributed by atoms with Gasteiger partial charge in [-0.25, -0.2) is 4.68 Å². The molecule has 0 radical (unpaired) electrons. The Balaban J connectivity index is 2.51. The second-order valence-electron chi connectivity index (χ2n) is 4.62.